The molecule has 0 radical (unpaired) electrons. The fraction of sp³-hybridized carbons (Fsp3) is 0.632. The highest BCUT2D eigenvalue weighted by molar-refractivity contribution is 14.1. The summed E-state index contributed by atoms with van der Waals surface area (Å²) in [4.78, 5) is 28.0. The molecule has 0 saturated heterocycles. The van der Waals surface area contributed by atoms with Crippen molar-refractivity contribution < 1.29 is 19.1 Å². The first-order chi connectivity index (χ1) is 13.1. The quantitative estimate of drug-likeness (QED) is 0.512. The van der Waals surface area contributed by atoms with E-state index in [-0.39, 0.29) is 35.2 Å². The summed E-state index contributed by atoms with van der Waals surface area (Å²) < 4.78 is 11.8. The topological polar surface area (TPSA) is 116 Å². The Labute approximate surface area is 179 Å². The summed E-state index contributed by atoms with van der Waals surface area (Å²) in [5, 5.41) is 6.24. The van der Waals surface area contributed by atoms with E-state index in [1.165, 1.54) is 0 Å². The normalized spacial score (nSPS) is 19.6. The zero-order chi connectivity index (χ0) is 20.9. The van der Waals surface area contributed by atoms with Crippen LogP contribution in [0, 0.1) is 3.57 Å². The van der Waals surface area contributed by atoms with E-state index in [2.05, 4.69) is 38.2 Å². The van der Waals surface area contributed by atoms with Gasteiger partial charge in [0.05, 0.1) is 10.2 Å². The van der Waals surface area contributed by atoms with Crippen molar-refractivity contribution in [3.05, 3.63) is 15.2 Å². The molecule has 1 aliphatic rings. The zero-order valence-electron chi connectivity index (χ0n) is 16.8. The van der Waals surface area contributed by atoms with Gasteiger partial charge in [0.15, 0.2) is 0 Å². The average Bonchev–Trinajstić information content (AvgIpc) is 2.57. The van der Waals surface area contributed by atoms with Gasteiger partial charge >= 0.3 is 6.09 Å². The number of rotatable bonds is 6. The third kappa shape index (κ3) is 6.68. The van der Waals surface area contributed by atoms with E-state index in [1.54, 1.807) is 6.07 Å². The number of nitrogens with two attached hydrogens (primary N) is 1. The number of hydrogen-bond donors (Lipinski definition) is 3. The molecule has 0 aromatic carbocycles. The van der Waals surface area contributed by atoms with Crippen LogP contribution in [0.3, 0.4) is 0 Å². The summed E-state index contributed by atoms with van der Waals surface area (Å²) in [7, 11) is 0. The molecule has 8 nitrogen and oxygen atoms in total. The number of primary amides is 1. The molecule has 1 saturated carbocycles. The van der Waals surface area contributed by atoms with Crippen LogP contribution in [-0.2, 0) is 4.74 Å². The molecule has 0 atom stereocenters. The molecule has 1 aromatic rings. The predicted molar refractivity (Wildman–Crippen MR) is 116 cm³/mol. The average molecular weight is 504 g/mol. The summed E-state index contributed by atoms with van der Waals surface area (Å²) in [6.07, 6.45) is 2.82. The summed E-state index contributed by atoms with van der Waals surface area (Å²) >= 11 is 2.13. The Morgan fingerprint density at radius 2 is 1.93 bits per heavy atom. The van der Waals surface area contributed by atoms with Crippen LogP contribution in [0.1, 0.15) is 63.7 Å². The Bertz CT molecular complexity index is 713. The molecule has 28 heavy (non-hydrogen) atoms. The summed E-state index contributed by atoms with van der Waals surface area (Å²) in [6, 6.07) is 1.90. The van der Waals surface area contributed by atoms with Gasteiger partial charge in [0.2, 0.25) is 5.88 Å². The Hall–Kier alpha value is -1.78. The highest BCUT2D eigenvalue weighted by Crippen LogP contribution is 2.29. The van der Waals surface area contributed by atoms with Gasteiger partial charge in [0.1, 0.15) is 17.5 Å². The third-order valence-electron chi connectivity index (χ3n) is 4.25. The maximum absolute atomic E-state index is 11.9. The number of halogens is 1. The first kappa shape index (κ1) is 22.5. The minimum atomic E-state index is -0.563. The molecule has 9 heteroatoms. The summed E-state index contributed by atoms with van der Waals surface area (Å²) in [6.45, 7) is 7.98. The molecule has 0 unspecified atom stereocenters. The fourth-order valence-corrected chi connectivity index (χ4v) is 3.59. The number of alkyl carbamates (subject to hydrolysis) is 1. The lowest BCUT2D eigenvalue weighted by Gasteiger charge is -2.30. The highest BCUT2D eigenvalue weighted by Gasteiger charge is 2.26. The Balaban J connectivity index is 1.95. The Morgan fingerprint density at radius 3 is 2.46 bits per heavy atom. The van der Waals surface area contributed by atoms with Crippen molar-refractivity contribution in [1.82, 2.24) is 10.3 Å². The van der Waals surface area contributed by atoms with Crippen LogP contribution in [0.15, 0.2) is 6.07 Å². The number of carbonyl (C=O) groups excluding carboxylic acids is 2. The number of hydrogen-bond acceptors (Lipinski definition) is 6. The molecular weight excluding hydrogens is 475 g/mol. The van der Waals surface area contributed by atoms with E-state index in [0.717, 1.165) is 29.3 Å². The van der Waals surface area contributed by atoms with Crippen molar-refractivity contribution in [2.75, 3.05) is 11.9 Å². The number of ether oxygens (including phenoxy) is 2. The van der Waals surface area contributed by atoms with E-state index in [4.69, 9.17) is 15.2 Å². The molecule has 1 aromatic heterocycles. The summed E-state index contributed by atoms with van der Waals surface area (Å²) in [5.74, 6) is 0.351. The van der Waals surface area contributed by atoms with Gasteiger partial charge in [-0.1, -0.05) is 0 Å². The van der Waals surface area contributed by atoms with Crippen LogP contribution in [0.5, 0.6) is 5.88 Å². The van der Waals surface area contributed by atoms with Gasteiger partial charge in [-0.15, -0.1) is 0 Å². The molecule has 2 rings (SSSR count). The van der Waals surface area contributed by atoms with Crippen molar-refractivity contribution in [2.45, 2.75) is 71.1 Å². The lowest BCUT2D eigenvalue weighted by atomic mass is 9.93. The van der Waals surface area contributed by atoms with Crippen LogP contribution in [0.4, 0.5) is 10.6 Å². The minimum Gasteiger partial charge on any atom is -0.477 e. The van der Waals surface area contributed by atoms with E-state index in [1.807, 2.05) is 27.7 Å². The maximum Gasteiger partial charge on any atom is 0.407 e. The lowest BCUT2D eigenvalue weighted by Crippen LogP contribution is -2.43. The Morgan fingerprint density at radius 1 is 1.29 bits per heavy atom. The smallest absolute Gasteiger partial charge is 0.407 e. The Kier molecular flexibility index (Phi) is 7.73. The molecule has 0 spiro atoms. The molecule has 0 bridgehead atoms. The van der Waals surface area contributed by atoms with Crippen molar-refractivity contribution in [3.63, 3.8) is 0 Å². The van der Waals surface area contributed by atoms with Crippen molar-refractivity contribution >= 4 is 40.4 Å². The van der Waals surface area contributed by atoms with Gasteiger partial charge in [-0.2, -0.15) is 4.98 Å². The first-order valence-corrected chi connectivity index (χ1v) is 10.6. The number of aromatic nitrogens is 1. The SMILES string of the molecule is CCOc1nc(NC2CCC(OC(=O)NC(C)(C)C)CC2)c(I)cc1C(N)=O. The van der Waals surface area contributed by atoms with Gasteiger partial charge in [-0.3, -0.25) is 4.79 Å². The van der Waals surface area contributed by atoms with Crippen molar-refractivity contribution in [2.24, 2.45) is 5.73 Å². The van der Waals surface area contributed by atoms with E-state index in [9.17, 15) is 9.59 Å². The third-order valence-corrected chi connectivity index (χ3v) is 5.08. The molecule has 1 aliphatic carbocycles. The second-order valence-corrected chi connectivity index (χ2v) is 9.03. The highest BCUT2D eigenvalue weighted by atomic mass is 127. The second-order valence-electron chi connectivity index (χ2n) is 7.87. The number of amides is 2. The molecule has 1 fully saturated rings. The summed E-state index contributed by atoms with van der Waals surface area (Å²) in [5.41, 5.74) is 5.38. The number of nitrogens with zero attached hydrogens (tertiary/aromatic N) is 1. The van der Waals surface area contributed by atoms with Gasteiger partial charge in [-0.05, 0) is 82.0 Å². The number of nitrogens with one attached hydrogen (secondary N) is 2. The minimum absolute atomic E-state index is 0.0799. The second kappa shape index (κ2) is 9.62. The van der Waals surface area contributed by atoms with Crippen LogP contribution in [0.25, 0.3) is 0 Å². The molecule has 0 aliphatic heterocycles. The lowest BCUT2D eigenvalue weighted by molar-refractivity contribution is 0.0681. The molecular formula is C19H29IN4O4. The van der Waals surface area contributed by atoms with Gasteiger partial charge in [-0.25, -0.2) is 4.79 Å². The zero-order valence-corrected chi connectivity index (χ0v) is 19.0. The van der Waals surface area contributed by atoms with Crippen molar-refractivity contribution in [1.29, 1.82) is 0 Å². The maximum atomic E-state index is 11.9. The number of anilines is 1. The van der Waals surface area contributed by atoms with Gasteiger partial charge < -0.3 is 25.8 Å². The van der Waals surface area contributed by atoms with Crippen LogP contribution >= 0.6 is 22.6 Å². The molecule has 4 N–H and O–H groups in total. The van der Waals surface area contributed by atoms with Crippen LogP contribution < -0.4 is 21.1 Å². The largest absolute Gasteiger partial charge is 0.477 e. The standard InChI is InChI=1S/C19H29IN4O4/c1-5-27-17-13(15(21)25)10-14(20)16(23-17)22-11-6-8-12(9-7-11)28-18(26)24-19(2,3)4/h10-12H,5-9H2,1-4H3,(H2,21,25)(H,22,23)(H,24,26). The van der Waals surface area contributed by atoms with Crippen LogP contribution in [0.2, 0.25) is 0 Å². The number of carbonyl (C=O) groups is 2. The molecule has 2 amide bonds. The van der Waals surface area contributed by atoms with Gasteiger partial charge in [0, 0.05) is 11.6 Å². The monoisotopic (exact) mass is 504 g/mol. The van der Waals surface area contributed by atoms with E-state index < -0.39 is 5.91 Å². The number of pyridine rings is 1. The van der Waals surface area contributed by atoms with E-state index >= 15 is 0 Å². The van der Waals surface area contributed by atoms with Gasteiger partial charge in [0.25, 0.3) is 5.91 Å². The molecule has 156 valence electrons. The molecule has 1 heterocycles. The van der Waals surface area contributed by atoms with E-state index in [0.29, 0.717) is 12.4 Å². The van der Waals surface area contributed by atoms with Crippen molar-refractivity contribution in [3.8, 4) is 5.88 Å². The fourth-order valence-electron chi connectivity index (χ4n) is 3.00. The van der Waals surface area contributed by atoms with Crippen LogP contribution in [-0.4, -0.2) is 41.3 Å². The first-order valence-electron chi connectivity index (χ1n) is 9.47. The predicted octanol–water partition coefficient (Wildman–Crippen LogP) is 3.43.